The molecule has 0 aliphatic heterocycles. The number of aryl methyl sites for hydroxylation is 1. The number of nitrogens with zero attached hydrogens (tertiary/aromatic N) is 2. The third-order valence-corrected chi connectivity index (χ3v) is 3.47. The van der Waals surface area contributed by atoms with E-state index < -0.39 is 11.9 Å². The van der Waals surface area contributed by atoms with Gasteiger partial charge in [-0.3, -0.25) is 4.79 Å². The SMILES string of the molecule is Cc1ccn2cc(C(=O)OCc3cccc(OCC(N)=O)c3)nc2c1. The van der Waals surface area contributed by atoms with Crippen molar-refractivity contribution in [1.82, 2.24) is 9.38 Å². The molecule has 25 heavy (non-hydrogen) atoms. The van der Waals surface area contributed by atoms with Crippen molar-refractivity contribution in [3.63, 3.8) is 0 Å². The van der Waals surface area contributed by atoms with Gasteiger partial charge in [0.25, 0.3) is 5.91 Å². The highest BCUT2D eigenvalue weighted by Crippen LogP contribution is 2.15. The van der Waals surface area contributed by atoms with E-state index in [1.807, 2.05) is 25.3 Å². The van der Waals surface area contributed by atoms with Crippen LogP contribution in [0.5, 0.6) is 5.75 Å². The number of nitrogens with two attached hydrogens (primary N) is 1. The van der Waals surface area contributed by atoms with Gasteiger partial charge >= 0.3 is 5.97 Å². The summed E-state index contributed by atoms with van der Waals surface area (Å²) < 4.78 is 12.3. The molecular formula is C18H17N3O4. The number of pyridine rings is 1. The molecule has 0 aliphatic carbocycles. The number of hydrogen-bond acceptors (Lipinski definition) is 5. The molecule has 0 bridgehead atoms. The summed E-state index contributed by atoms with van der Waals surface area (Å²) in [7, 11) is 0. The van der Waals surface area contributed by atoms with Gasteiger partial charge in [-0.05, 0) is 42.3 Å². The van der Waals surface area contributed by atoms with Crippen LogP contribution in [0.4, 0.5) is 0 Å². The number of ether oxygens (including phenoxy) is 2. The minimum Gasteiger partial charge on any atom is -0.484 e. The Morgan fingerprint density at radius 3 is 2.88 bits per heavy atom. The molecular weight excluding hydrogens is 322 g/mol. The first kappa shape index (κ1) is 16.5. The number of carbonyl (C=O) groups excluding carboxylic acids is 2. The minimum atomic E-state index is -0.557. The molecule has 1 amide bonds. The summed E-state index contributed by atoms with van der Waals surface area (Å²) in [6, 6.07) is 10.7. The van der Waals surface area contributed by atoms with Crippen molar-refractivity contribution in [3.05, 3.63) is 65.6 Å². The molecule has 2 N–H and O–H groups in total. The summed E-state index contributed by atoms with van der Waals surface area (Å²) in [5, 5.41) is 0. The molecule has 3 rings (SSSR count). The van der Waals surface area contributed by atoms with Gasteiger partial charge in [0.15, 0.2) is 12.3 Å². The number of fused-ring (bicyclic) bond motifs is 1. The van der Waals surface area contributed by atoms with Gasteiger partial charge in [-0.25, -0.2) is 9.78 Å². The van der Waals surface area contributed by atoms with Crippen LogP contribution in [0, 0.1) is 6.92 Å². The van der Waals surface area contributed by atoms with Crippen LogP contribution in [0.25, 0.3) is 5.65 Å². The fraction of sp³-hybridized carbons (Fsp3) is 0.167. The van der Waals surface area contributed by atoms with Crippen LogP contribution in [-0.2, 0) is 16.1 Å². The highest BCUT2D eigenvalue weighted by atomic mass is 16.5. The number of amides is 1. The van der Waals surface area contributed by atoms with Crippen molar-refractivity contribution in [2.45, 2.75) is 13.5 Å². The molecule has 2 heterocycles. The van der Waals surface area contributed by atoms with Crippen LogP contribution >= 0.6 is 0 Å². The number of aromatic nitrogens is 2. The second-order valence-electron chi connectivity index (χ2n) is 5.57. The Hall–Kier alpha value is -3.35. The molecule has 128 valence electrons. The lowest BCUT2D eigenvalue weighted by Crippen LogP contribution is -2.20. The zero-order chi connectivity index (χ0) is 17.8. The molecule has 0 aliphatic rings. The quantitative estimate of drug-likeness (QED) is 0.692. The van der Waals surface area contributed by atoms with E-state index >= 15 is 0 Å². The fourth-order valence-corrected chi connectivity index (χ4v) is 2.28. The summed E-state index contributed by atoms with van der Waals surface area (Å²) in [5.74, 6) is -0.584. The summed E-state index contributed by atoms with van der Waals surface area (Å²) in [4.78, 5) is 27.2. The van der Waals surface area contributed by atoms with Crippen LogP contribution in [0.1, 0.15) is 21.6 Å². The predicted molar refractivity (Wildman–Crippen MR) is 90.2 cm³/mol. The topological polar surface area (TPSA) is 95.9 Å². The molecule has 7 nitrogen and oxygen atoms in total. The number of rotatable bonds is 6. The molecule has 0 saturated heterocycles. The van der Waals surface area contributed by atoms with Gasteiger partial charge in [-0.1, -0.05) is 12.1 Å². The average Bonchev–Trinajstić information content (AvgIpc) is 3.01. The molecule has 0 atom stereocenters. The van der Waals surface area contributed by atoms with E-state index in [-0.39, 0.29) is 18.9 Å². The molecule has 2 aromatic heterocycles. The van der Waals surface area contributed by atoms with Gasteiger partial charge in [-0.15, -0.1) is 0 Å². The molecule has 1 aromatic carbocycles. The predicted octanol–water partition coefficient (Wildman–Crippen LogP) is 1.86. The van der Waals surface area contributed by atoms with E-state index in [1.165, 1.54) is 0 Å². The van der Waals surface area contributed by atoms with E-state index in [1.54, 1.807) is 34.9 Å². The van der Waals surface area contributed by atoms with Gasteiger partial charge < -0.3 is 19.6 Å². The van der Waals surface area contributed by atoms with Gasteiger partial charge in [0.05, 0.1) is 0 Å². The van der Waals surface area contributed by atoms with Crippen molar-refractivity contribution < 1.29 is 19.1 Å². The average molecular weight is 339 g/mol. The van der Waals surface area contributed by atoms with Gasteiger partial charge in [0, 0.05) is 12.4 Å². The second-order valence-corrected chi connectivity index (χ2v) is 5.57. The monoisotopic (exact) mass is 339 g/mol. The van der Waals surface area contributed by atoms with Crippen LogP contribution in [0.3, 0.4) is 0 Å². The highest BCUT2D eigenvalue weighted by Gasteiger charge is 2.12. The number of carbonyl (C=O) groups is 2. The van der Waals surface area contributed by atoms with Crippen molar-refractivity contribution in [2.75, 3.05) is 6.61 Å². The Morgan fingerprint density at radius 1 is 1.24 bits per heavy atom. The maximum atomic E-state index is 12.2. The van der Waals surface area contributed by atoms with Crippen LogP contribution in [0.15, 0.2) is 48.8 Å². The zero-order valence-electron chi connectivity index (χ0n) is 13.6. The standard InChI is InChI=1S/C18H17N3O4/c1-12-5-6-21-9-15(20-17(21)7-12)18(23)25-10-13-3-2-4-14(8-13)24-11-16(19)22/h2-9H,10-11H2,1H3,(H2,19,22). The van der Waals surface area contributed by atoms with Crippen LogP contribution in [-0.4, -0.2) is 27.9 Å². The number of esters is 1. The molecule has 3 aromatic rings. The van der Waals surface area contributed by atoms with E-state index in [0.29, 0.717) is 11.4 Å². The fourth-order valence-electron chi connectivity index (χ4n) is 2.28. The normalized spacial score (nSPS) is 10.6. The molecule has 0 unspecified atom stereocenters. The van der Waals surface area contributed by atoms with Gasteiger partial charge in [-0.2, -0.15) is 0 Å². The summed E-state index contributed by atoms with van der Waals surface area (Å²) in [6.45, 7) is 1.82. The smallest absolute Gasteiger partial charge is 0.358 e. The first-order valence-electron chi connectivity index (χ1n) is 7.64. The molecule has 7 heteroatoms. The van der Waals surface area contributed by atoms with Crippen molar-refractivity contribution in [2.24, 2.45) is 5.73 Å². The van der Waals surface area contributed by atoms with Crippen molar-refractivity contribution in [3.8, 4) is 5.75 Å². The summed E-state index contributed by atoms with van der Waals surface area (Å²) in [5.41, 5.74) is 7.76. The Bertz CT molecular complexity index is 933. The number of primary amides is 1. The lowest BCUT2D eigenvalue weighted by Gasteiger charge is -2.07. The summed E-state index contributed by atoms with van der Waals surface area (Å²) >= 11 is 0. The lowest BCUT2D eigenvalue weighted by atomic mass is 10.2. The zero-order valence-corrected chi connectivity index (χ0v) is 13.6. The number of hydrogen-bond donors (Lipinski definition) is 1. The van der Waals surface area contributed by atoms with Crippen LogP contribution in [0.2, 0.25) is 0 Å². The third kappa shape index (κ3) is 4.14. The maximum Gasteiger partial charge on any atom is 0.358 e. The van der Waals surface area contributed by atoms with E-state index in [0.717, 1.165) is 11.1 Å². The lowest BCUT2D eigenvalue weighted by molar-refractivity contribution is -0.119. The van der Waals surface area contributed by atoms with Crippen molar-refractivity contribution in [1.29, 1.82) is 0 Å². The van der Waals surface area contributed by atoms with E-state index in [9.17, 15) is 9.59 Å². The Balaban J connectivity index is 1.65. The third-order valence-electron chi connectivity index (χ3n) is 3.47. The number of imidazole rings is 1. The molecule has 0 fully saturated rings. The largest absolute Gasteiger partial charge is 0.484 e. The Morgan fingerprint density at radius 2 is 2.08 bits per heavy atom. The van der Waals surface area contributed by atoms with Gasteiger partial charge in [0.2, 0.25) is 0 Å². The van der Waals surface area contributed by atoms with Gasteiger partial charge in [0.1, 0.15) is 18.0 Å². The number of benzene rings is 1. The molecule has 0 radical (unpaired) electrons. The molecule has 0 saturated carbocycles. The maximum absolute atomic E-state index is 12.2. The Kier molecular flexibility index (Phi) is 4.65. The van der Waals surface area contributed by atoms with E-state index in [4.69, 9.17) is 15.2 Å². The van der Waals surface area contributed by atoms with Crippen molar-refractivity contribution >= 4 is 17.5 Å². The first-order valence-corrected chi connectivity index (χ1v) is 7.64. The first-order chi connectivity index (χ1) is 12.0. The van der Waals surface area contributed by atoms with E-state index in [2.05, 4.69) is 4.98 Å². The second kappa shape index (κ2) is 7.04. The molecule has 0 spiro atoms. The van der Waals surface area contributed by atoms with Crippen LogP contribution < -0.4 is 10.5 Å². The minimum absolute atomic E-state index is 0.0690. The Labute approximate surface area is 144 Å². The highest BCUT2D eigenvalue weighted by molar-refractivity contribution is 5.88. The summed E-state index contributed by atoms with van der Waals surface area (Å²) in [6.07, 6.45) is 3.47.